The fourth-order valence-electron chi connectivity index (χ4n) is 0.725. The molecule has 0 aliphatic carbocycles. The molecule has 0 spiro atoms. The van der Waals surface area contributed by atoms with Crippen LogP contribution >= 0.6 is 0 Å². The van der Waals surface area contributed by atoms with Gasteiger partial charge in [0.05, 0.1) is 13.2 Å². The summed E-state index contributed by atoms with van der Waals surface area (Å²) in [6, 6.07) is 0. The number of likely N-dealkylation sites (N-methyl/N-ethyl adjacent to an activating group) is 1. The SMILES string of the molecule is CN1CCO[C@@H](F)C1.F. The van der Waals surface area contributed by atoms with Gasteiger partial charge in [-0.2, -0.15) is 0 Å². The Labute approximate surface area is 53.0 Å². The summed E-state index contributed by atoms with van der Waals surface area (Å²) in [6.45, 7) is 1.79. The minimum absolute atomic E-state index is 0. The van der Waals surface area contributed by atoms with Gasteiger partial charge in [-0.05, 0) is 7.05 Å². The van der Waals surface area contributed by atoms with Gasteiger partial charge in [-0.25, -0.2) is 4.39 Å². The first kappa shape index (κ1) is 8.78. The van der Waals surface area contributed by atoms with E-state index in [1.807, 2.05) is 11.9 Å². The van der Waals surface area contributed by atoms with Gasteiger partial charge in [0.25, 0.3) is 0 Å². The largest absolute Gasteiger partial charge is 0.346 e. The summed E-state index contributed by atoms with van der Waals surface area (Å²) in [7, 11) is 1.88. The van der Waals surface area contributed by atoms with Crippen LogP contribution in [0.1, 0.15) is 0 Å². The molecule has 1 aliphatic heterocycles. The molecule has 0 N–H and O–H groups in total. The maximum Gasteiger partial charge on any atom is 0.211 e. The Morgan fingerprint density at radius 3 is 2.67 bits per heavy atom. The molecule has 0 amide bonds. The first-order valence-electron chi connectivity index (χ1n) is 2.73. The molecule has 1 atom stereocenters. The monoisotopic (exact) mass is 139 g/mol. The Kier molecular flexibility index (Phi) is 3.65. The summed E-state index contributed by atoms with van der Waals surface area (Å²) < 4.78 is 16.8. The van der Waals surface area contributed by atoms with Crippen molar-refractivity contribution in [3.63, 3.8) is 0 Å². The molecule has 2 nitrogen and oxygen atoms in total. The number of rotatable bonds is 0. The van der Waals surface area contributed by atoms with Crippen LogP contribution in [-0.4, -0.2) is 38.0 Å². The number of morpholine rings is 1. The molecule has 9 heavy (non-hydrogen) atoms. The normalized spacial score (nSPS) is 29.3. The molecule has 4 heteroatoms. The average Bonchev–Trinajstić information content (AvgIpc) is 1.64. The zero-order valence-corrected chi connectivity index (χ0v) is 5.34. The highest BCUT2D eigenvalue weighted by Gasteiger charge is 2.14. The zero-order chi connectivity index (χ0) is 5.98. The summed E-state index contributed by atoms with van der Waals surface area (Å²) in [4.78, 5) is 1.91. The standard InChI is InChI=1S/C5H10FNO.FH/c1-7-2-3-8-5(6)4-7;/h5H,2-4H2,1H3;1H/t5-;/m1./s1. The molecule has 1 aliphatic rings. The quantitative estimate of drug-likeness (QED) is 0.481. The molecular weight excluding hydrogens is 128 g/mol. The van der Waals surface area contributed by atoms with Gasteiger partial charge >= 0.3 is 0 Å². The molecule has 0 unspecified atom stereocenters. The van der Waals surface area contributed by atoms with E-state index in [1.54, 1.807) is 0 Å². The Balaban J connectivity index is 0.000000640. The lowest BCUT2D eigenvalue weighted by atomic mass is 10.4. The van der Waals surface area contributed by atoms with Gasteiger partial charge in [0.2, 0.25) is 6.36 Å². The molecule has 1 rings (SSSR count). The van der Waals surface area contributed by atoms with Crippen molar-refractivity contribution in [2.45, 2.75) is 6.36 Å². The van der Waals surface area contributed by atoms with E-state index >= 15 is 0 Å². The van der Waals surface area contributed by atoms with E-state index in [1.165, 1.54) is 0 Å². The second-order valence-corrected chi connectivity index (χ2v) is 2.04. The summed E-state index contributed by atoms with van der Waals surface area (Å²) >= 11 is 0. The molecule has 56 valence electrons. The topological polar surface area (TPSA) is 12.5 Å². The second kappa shape index (κ2) is 3.74. The molecule has 1 fully saturated rings. The third-order valence-electron chi connectivity index (χ3n) is 1.23. The van der Waals surface area contributed by atoms with Crippen LogP contribution in [0, 0.1) is 0 Å². The van der Waals surface area contributed by atoms with E-state index in [4.69, 9.17) is 0 Å². The molecular formula is C5H11F2NO. The number of nitrogens with zero attached hydrogens (tertiary/aromatic N) is 1. The van der Waals surface area contributed by atoms with E-state index in [9.17, 15) is 4.39 Å². The second-order valence-electron chi connectivity index (χ2n) is 2.04. The first-order valence-corrected chi connectivity index (χ1v) is 2.73. The fourth-order valence-corrected chi connectivity index (χ4v) is 0.725. The average molecular weight is 139 g/mol. The molecule has 0 aromatic rings. The number of ether oxygens (including phenoxy) is 1. The van der Waals surface area contributed by atoms with Crippen LogP contribution < -0.4 is 0 Å². The van der Waals surface area contributed by atoms with Gasteiger partial charge in [0.15, 0.2) is 0 Å². The molecule has 0 saturated carbocycles. The van der Waals surface area contributed by atoms with Crippen molar-refractivity contribution in [1.82, 2.24) is 4.90 Å². The van der Waals surface area contributed by atoms with Crippen molar-refractivity contribution >= 4 is 0 Å². The van der Waals surface area contributed by atoms with Gasteiger partial charge in [-0.1, -0.05) is 0 Å². The summed E-state index contributed by atoms with van der Waals surface area (Å²) in [5.41, 5.74) is 0. The van der Waals surface area contributed by atoms with Crippen LogP contribution in [-0.2, 0) is 4.74 Å². The molecule has 1 saturated heterocycles. The van der Waals surface area contributed by atoms with Crippen molar-refractivity contribution in [1.29, 1.82) is 0 Å². The number of hydrogen-bond acceptors (Lipinski definition) is 2. The Hall–Kier alpha value is -0.220. The maximum atomic E-state index is 12.2. The fraction of sp³-hybridized carbons (Fsp3) is 1.00. The van der Waals surface area contributed by atoms with E-state index in [0.29, 0.717) is 13.2 Å². The van der Waals surface area contributed by atoms with Gasteiger partial charge in [0, 0.05) is 6.54 Å². The third-order valence-corrected chi connectivity index (χ3v) is 1.23. The number of halogens is 2. The lowest BCUT2D eigenvalue weighted by molar-refractivity contribution is -0.0918. The maximum absolute atomic E-state index is 12.2. The van der Waals surface area contributed by atoms with Crippen LogP contribution in [0.4, 0.5) is 9.09 Å². The van der Waals surface area contributed by atoms with Crippen molar-refractivity contribution in [2.24, 2.45) is 0 Å². The predicted molar refractivity (Wildman–Crippen MR) is 30.8 cm³/mol. The zero-order valence-electron chi connectivity index (χ0n) is 5.34. The highest BCUT2D eigenvalue weighted by molar-refractivity contribution is 4.58. The summed E-state index contributed by atoms with van der Waals surface area (Å²) in [5, 5.41) is 0. The molecule has 0 bridgehead atoms. The smallest absolute Gasteiger partial charge is 0.211 e. The minimum atomic E-state index is -1.06. The summed E-state index contributed by atoms with van der Waals surface area (Å²) in [6.07, 6.45) is -1.06. The molecule has 0 radical (unpaired) electrons. The lowest BCUT2D eigenvalue weighted by Gasteiger charge is -2.24. The van der Waals surface area contributed by atoms with Gasteiger partial charge in [0.1, 0.15) is 0 Å². The van der Waals surface area contributed by atoms with Crippen LogP contribution in [0.15, 0.2) is 0 Å². The van der Waals surface area contributed by atoms with Crippen LogP contribution in [0.3, 0.4) is 0 Å². The highest BCUT2D eigenvalue weighted by atomic mass is 19.1. The summed E-state index contributed by atoms with van der Waals surface area (Å²) in [5.74, 6) is 0. The van der Waals surface area contributed by atoms with Crippen molar-refractivity contribution in [2.75, 3.05) is 26.7 Å². The van der Waals surface area contributed by atoms with Crippen LogP contribution in [0.2, 0.25) is 0 Å². The van der Waals surface area contributed by atoms with E-state index < -0.39 is 6.36 Å². The first-order chi connectivity index (χ1) is 3.79. The predicted octanol–water partition coefficient (Wildman–Crippen LogP) is 0.396. The Bertz CT molecular complexity index is 73.4. The van der Waals surface area contributed by atoms with Crippen LogP contribution in [0.5, 0.6) is 0 Å². The van der Waals surface area contributed by atoms with E-state index in [0.717, 1.165) is 6.54 Å². The Morgan fingerprint density at radius 2 is 2.33 bits per heavy atom. The van der Waals surface area contributed by atoms with Gasteiger partial charge in [-0.15, -0.1) is 0 Å². The van der Waals surface area contributed by atoms with Gasteiger partial charge in [-0.3, -0.25) is 9.60 Å². The van der Waals surface area contributed by atoms with Crippen molar-refractivity contribution < 1.29 is 13.8 Å². The van der Waals surface area contributed by atoms with Crippen molar-refractivity contribution in [3.05, 3.63) is 0 Å². The van der Waals surface area contributed by atoms with Crippen molar-refractivity contribution in [3.8, 4) is 0 Å². The lowest BCUT2D eigenvalue weighted by Crippen LogP contribution is -2.37. The molecule has 0 aromatic heterocycles. The number of hydrogen-bond donors (Lipinski definition) is 0. The minimum Gasteiger partial charge on any atom is -0.346 e. The molecule has 1 heterocycles. The van der Waals surface area contributed by atoms with Gasteiger partial charge < -0.3 is 4.74 Å². The van der Waals surface area contributed by atoms with E-state index in [2.05, 4.69) is 4.74 Å². The molecule has 0 aromatic carbocycles. The van der Waals surface area contributed by atoms with Crippen LogP contribution in [0.25, 0.3) is 0 Å². The van der Waals surface area contributed by atoms with E-state index in [-0.39, 0.29) is 4.70 Å². The number of alkyl halides is 1. The highest BCUT2D eigenvalue weighted by Crippen LogP contribution is 2.01. The Morgan fingerprint density at radius 1 is 1.67 bits per heavy atom. The third kappa shape index (κ3) is 2.72.